The van der Waals surface area contributed by atoms with Crippen molar-refractivity contribution in [3.05, 3.63) is 46.5 Å². The van der Waals surface area contributed by atoms with Crippen molar-refractivity contribution in [2.24, 2.45) is 7.05 Å². The first-order valence-electron chi connectivity index (χ1n) is 9.55. The molecule has 1 aliphatic heterocycles. The number of fused-ring (bicyclic) bond motifs is 1. The SMILES string of the molecule is Cc1nn(C)c2sc(C(=O)N(C)Cc3ccc(N4CCCCC4)cc3)cc12. The second-order valence-electron chi connectivity index (χ2n) is 7.41. The van der Waals surface area contributed by atoms with Gasteiger partial charge in [-0.25, -0.2) is 0 Å². The molecule has 3 heterocycles. The molecule has 4 rings (SSSR count). The molecule has 3 aromatic rings. The highest BCUT2D eigenvalue weighted by atomic mass is 32.1. The van der Waals surface area contributed by atoms with Gasteiger partial charge in [0, 0.05) is 44.8 Å². The molecule has 0 bridgehead atoms. The third-order valence-corrected chi connectivity index (χ3v) is 6.52. The van der Waals surface area contributed by atoms with Gasteiger partial charge in [-0.05, 0) is 49.9 Å². The number of benzene rings is 1. The van der Waals surface area contributed by atoms with Gasteiger partial charge < -0.3 is 9.80 Å². The number of aryl methyl sites for hydroxylation is 2. The molecular formula is C21H26N4OS. The van der Waals surface area contributed by atoms with Crippen molar-refractivity contribution in [3.63, 3.8) is 0 Å². The molecule has 27 heavy (non-hydrogen) atoms. The highest BCUT2D eigenvalue weighted by molar-refractivity contribution is 7.20. The van der Waals surface area contributed by atoms with Crippen LogP contribution in [0.5, 0.6) is 0 Å². The van der Waals surface area contributed by atoms with Gasteiger partial charge in [0.05, 0.1) is 10.6 Å². The highest BCUT2D eigenvalue weighted by Crippen LogP contribution is 2.28. The fraction of sp³-hybridized carbons (Fsp3) is 0.429. The van der Waals surface area contributed by atoms with E-state index in [1.807, 2.05) is 31.8 Å². The van der Waals surface area contributed by atoms with E-state index in [9.17, 15) is 4.79 Å². The van der Waals surface area contributed by atoms with Crippen molar-refractivity contribution < 1.29 is 4.79 Å². The number of hydrogen-bond donors (Lipinski definition) is 0. The number of piperidine rings is 1. The molecule has 1 aromatic carbocycles. The van der Waals surface area contributed by atoms with Gasteiger partial charge in [0.1, 0.15) is 4.83 Å². The Hall–Kier alpha value is -2.34. The minimum atomic E-state index is 0.0655. The minimum Gasteiger partial charge on any atom is -0.372 e. The standard InChI is InChI=1S/C21H26N4OS/c1-15-18-13-19(27-21(18)24(3)22-15)20(26)23(2)14-16-7-9-17(10-8-16)25-11-5-4-6-12-25/h7-10,13H,4-6,11-12,14H2,1-3H3. The van der Waals surface area contributed by atoms with Crippen LogP contribution in [-0.2, 0) is 13.6 Å². The van der Waals surface area contributed by atoms with Gasteiger partial charge >= 0.3 is 0 Å². The lowest BCUT2D eigenvalue weighted by molar-refractivity contribution is 0.0790. The van der Waals surface area contributed by atoms with Crippen molar-refractivity contribution in [1.82, 2.24) is 14.7 Å². The number of hydrogen-bond acceptors (Lipinski definition) is 4. The minimum absolute atomic E-state index is 0.0655. The van der Waals surface area contributed by atoms with Crippen molar-refractivity contribution in [1.29, 1.82) is 0 Å². The third-order valence-electron chi connectivity index (χ3n) is 5.33. The van der Waals surface area contributed by atoms with Crippen molar-refractivity contribution >= 4 is 33.1 Å². The van der Waals surface area contributed by atoms with Crippen LogP contribution in [0.3, 0.4) is 0 Å². The Balaban J connectivity index is 1.45. The number of nitrogens with zero attached hydrogens (tertiary/aromatic N) is 4. The molecule has 0 unspecified atom stereocenters. The topological polar surface area (TPSA) is 41.4 Å². The van der Waals surface area contributed by atoms with Crippen LogP contribution in [0.25, 0.3) is 10.2 Å². The summed E-state index contributed by atoms with van der Waals surface area (Å²) in [6.07, 6.45) is 3.90. The predicted octanol–water partition coefficient (Wildman–Crippen LogP) is 4.21. The van der Waals surface area contributed by atoms with Gasteiger partial charge in [-0.15, -0.1) is 11.3 Å². The number of carbonyl (C=O) groups excluding carboxylic acids is 1. The van der Waals surface area contributed by atoms with Gasteiger partial charge in [0.15, 0.2) is 0 Å². The summed E-state index contributed by atoms with van der Waals surface area (Å²) in [5.74, 6) is 0.0655. The van der Waals surface area contributed by atoms with Crippen molar-refractivity contribution in [2.45, 2.75) is 32.7 Å². The van der Waals surface area contributed by atoms with Crippen LogP contribution in [0.2, 0.25) is 0 Å². The third kappa shape index (κ3) is 3.58. The van der Waals surface area contributed by atoms with E-state index >= 15 is 0 Å². The summed E-state index contributed by atoms with van der Waals surface area (Å²) < 4.78 is 1.85. The van der Waals surface area contributed by atoms with E-state index in [0.717, 1.165) is 39.4 Å². The monoisotopic (exact) mass is 382 g/mol. The summed E-state index contributed by atoms with van der Waals surface area (Å²) in [6, 6.07) is 10.6. The Morgan fingerprint density at radius 2 is 1.89 bits per heavy atom. The molecule has 0 radical (unpaired) electrons. The summed E-state index contributed by atoms with van der Waals surface area (Å²) in [5.41, 5.74) is 3.42. The average molecular weight is 383 g/mol. The van der Waals surface area contributed by atoms with Crippen molar-refractivity contribution in [3.8, 4) is 0 Å². The second kappa shape index (κ2) is 7.35. The molecule has 0 saturated carbocycles. The van der Waals surface area contributed by atoms with E-state index < -0.39 is 0 Å². The fourth-order valence-corrected chi connectivity index (χ4v) is 4.93. The number of anilines is 1. The van der Waals surface area contributed by atoms with E-state index in [-0.39, 0.29) is 5.91 Å². The van der Waals surface area contributed by atoms with E-state index in [0.29, 0.717) is 6.54 Å². The van der Waals surface area contributed by atoms with Crippen LogP contribution in [0, 0.1) is 6.92 Å². The molecule has 1 aliphatic rings. The largest absolute Gasteiger partial charge is 0.372 e. The smallest absolute Gasteiger partial charge is 0.264 e. The maximum Gasteiger partial charge on any atom is 0.264 e. The lowest BCUT2D eigenvalue weighted by Gasteiger charge is -2.29. The van der Waals surface area contributed by atoms with Gasteiger partial charge in [-0.3, -0.25) is 9.48 Å². The molecule has 0 N–H and O–H groups in total. The molecule has 2 aromatic heterocycles. The molecular weight excluding hydrogens is 356 g/mol. The first-order valence-corrected chi connectivity index (χ1v) is 10.4. The van der Waals surface area contributed by atoms with E-state index in [4.69, 9.17) is 0 Å². The Morgan fingerprint density at radius 3 is 2.56 bits per heavy atom. The Kier molecular flexibility index (Phi) is 4.91. The quantitative estimate of drug-likeness (QED) is 0.679. The van der Waals surface area contributed by atoms with Crippen LogP contribution in [0.1, 0.15) is 40.2 Å². The molecule has 1 amide bonds. The Morgan fingerprint density at radius 1 is 1.19 bits per heavy atom. The maximum atomic E-state index is 12.9. The van der Waals surface area contributed by atoms with Gasteiger partial charge in [-0.2, -0.15) is 5.10 Å². The number of thiophene rings is 1. The fourth-order valence-electron chi connectivity index (χ4n) is 3.81. The Bertz CT molecular complexity index is 916. The average Bonchev–Trinajstić information content (AvgIpc) is 3.24. The first-order chi connectivity index (χ1) is 13.0. The zero-order valence-electron chi connectivity index (χ0n) is 16.2. The van der Waals surface area contributed by atoms with Crippen LogP contribution < -0.4 is 4.90 Å². The zero-order valence-corrected chi connectivity index (χ0v) is 17.1. The first kappa shape index (κ1) is 18.0. The zero-order chi connectivity index (χ0) is 19.0. The van der Waals surface area contributed by atoms with Gasteiger partial charge in [0.2, 0.25) is 0 Å². The number of aromatic nitrogens is 2. The summed E-state index contributed by atoms with van der Waals surface area (Å²) >= 11 is 1.52. The molecule has 5 nitrogen and oxygen atoms in total. The molecule has 0 atom stereocenters. The molecule has 0 spiro atoms. The van der Waals surface area contributed by atoms with Crippen LogP contribution in [0.15, 0.2) is 30.3 Å². The molecule has 142 valence electrons. The van der Waals surface area contributed by atoms with Crippen molar-refractivity contribution in [2.75, 3.05) is 25.0 Å². The summed E-state index contributed by atoms with van der Waals surface area (Å²) in [6.45, 7) is 4.90. The van der Waals surface area contributed by atoms with Crippen LogP contribution in [0.4, 0.5) is 5.69 Å². The summed E-state index contributed by atoms with van der Waals surface area (Å²) in [5, 5.41) is 5.48. The van der Waals surface area contributed by atoms with Gasteiger partial charge in [-0.1, -0.05) is 12.1 Å². The summed E-state index contributed by atoms with van der Waals surface area (Å²) in [7, 11) is 3.80. The highest BCUT2D eigenvalue weighted by Gasteiger charge is 2.18. The van der Waals surface area contributed by atoms with Gasteiger partial charge in [0.25, 0.3) is 5.91 Å². The second-order valence-corrected chi connectivity index (χ2v) is 8.44. The summed E-state index contributed by atoms with van der Waals surface area (Å²) in [4.78, 5) is 18.9. The molecule has 0 aliphatic carbocycles. The lowest BCUT2D eigenvalue weighted by Crippen LogP contribution is -2.29. The normalized spacial score (nSPS) is 14.7. The predicted molar refractivity (Wildman–Crippen MR) is 112 cm³/mol. The van der Waals surface area contributed by atoms with E-state index in [2.05, 4.69) is 34.3 Å². The molecule has 1 saturated heterocycles. The van der Waals surface area contributed by atoms with Crippen LogP contribution >= 0.6 is 11.3 Å². The number of amides is 1. The van der Waals surface area contributed by atoms with E-state index in [1.165, 1.54) is 36.3 Å². The Labute approximate surface area is 164 Å². The molecule has 6 heteroatoms. The number of carbonyl (C=O) groups is 1. The lowest BCUT2D eigenvalue weighted by atomic mass is 10.1. The van der Waals surface area contributed by atoms with E-state index in [1.54, 1.807) is 4.90 Å². The maximum absolute atomic E-state index is 12.9. The molecule has 1 fully saturated rings. The number of rotatable bonds is 4. The van der Waals surface area contributed by atoms with Crippen LogP contribution in [-0.4, -0.2) is 40.7 Å².